The highest BCUT2D eigenvalue weighted by Gasteiger charge is 2.32. The fraction of sp³-hybridized carbons (Fsp3) is 0.394. The van der Waals surface area contributed by atoms with Crippen LogP contribution < -0.4 is 14.5 Å². The number of nitrogens with zero attached hydrogens (tertiary/aromatic N) is 6. The van der Waals surface area contributed by atoms with Crippen LogP contribution in [0.15, 0.2) is 42.5 Å². The summed E-state index contributed by atoms with van der Waals surface area (Å²) < 4.78 is 42.0. The maximum atomic E-state index is 16.4. The van der Waals surface area contributed by atoms with Gasteiger partial charge in [-0.05, 0) is 76.1 Å². The second-order valence-electron chi connectivity index (χ2n) is 12.3. The molecule has 5 rings (SSSR count). The SMILES string of the molecule is COc1ccc(CN(C)c2cc(C)cc(-c3c(Cl)cc4c(N5CCN(C(=O)OC(C)(C)C)CC5C)nc(F)nc4c3F)n2)cc1. The Morgan fingerprint density at radius 1 is 1.09 bits per heavy atom. The molecule has 1 saturated heterocycles. The van der Waals surface area contributed by atoms with E-state index < -0.39 is 23.6 Å². The summed E-state index contributed by atoms with van der Waals surface area (Å²) in [6.07, 6.45) is -1.49. The lowest BCUT2D eigenvalue weighted by Crippen LogP contribution is -2.55. The Hall–Kier alpha value is -4.25. The lowest BCUT2D eigenvalue weighted by atomic mass is 10.0. The molecule has 1 atom stereocenters. The number of ether oxygens (including phenoxy) is 2. The number of anilines is 2. The summed E-state index contributed by atoms with van der Waals surface area (Å²) in [5.74, 6) is 0.794. The fourth-order valence-electron chi connectivity index (χ4n) is 5.43. The van der Waals surface area contributed by atoms with Gasteiger partial charge >= 0.3 is 12.2 Å². The van der Waals surface area contributed by atoms with Gasteiger partial charge in [0.1, 0.15) is 28.5 Å². The zero-order valence-corrected chi connectivity index (χ0v) is 27.2. The highest BCUT2D eigenvalue weighted by Crippen LogP contribution is 2.39. The molecule has 3 heterocycles. The van der Waals surface area contributed by atoms with Crippen LogP contribution >= 0.6 is 11.6 Å². The number of amides is 1. The third-order valence-electron chi connectivity index (χ3n) is 7.57. The Balaban J connectivity index is 1.47. The summed E-state index contributed by atoms with van der Waals surface area (Å²) >= 11 is 6.76. The molecule has 238 valence electrons. The number of aryl methyl sites for hydroxylation is 1. The number of fused-ring (bicyclic) bond motifs is 1. The van der Waals surface area contributed by atoms with Crippen LogP contribution in [-0.4, -0.2) is 71.4 Å². The number of benzene rings is 2. The predicted octanol–water partition coefficient (Wildman–Crippen LogP) is 7.02. The average Bonchev–Trinajstić information content (AvgIpc) is 2.96. The molecule has 2 aromatic heterocycles. The molecule has 2 aromatic carbocycles. The van der Waals surface area contributed by atoms with Crippen molar-refractivity contribution >= 4 is 40.2 Å². The fourth-order valence-corrected chi connectivity index (χ4v) is 5.72. The van der Waals surface area contributed by atoms with Crippen LogP contribution in [0.3, 0.4) is 0 Å². The molecule has 1 unspecified atom stereocenters. The number of carbonyl (C=O) groups is 1. The minimum atomic E-state index is -1.07. The number of hydrogen-bond donors (Lipinski definition) is 0. The molecular formula is C33H37ClF2N6O3. The number of halogens is 3. The summed E-state index contributed by atoms with van der Waals surface area (Å²) in [6.45, 7) is 10.7. The van der Waals surface area contributed by atoms with Gasteiger partial charge in [-0.1, -0.05) is 23.7 Å². The number of aromatic nitrogens is 3. The molecule has 0 spiro atoms. The van der Waals surface area contributed by atoms with Crippen LogP contribution in [0.25, 0.3) is 22.2 Å². The van der Waals surface area contributed by atoms with E-state index in [1.54, 1.807) is 44.9 Å². The Morgan fingerprint density at radius 2 is 1.80 bits per heavy atom. The first-order valence-electron chi connectivity index (χ1n) is 14.7. The number of hydrogen-bond acceptors (Lipinski definition) is 8. The average molecular weight is 639 g/mol. The van der Waals surface area contributed by atoms with Crippen LogP contribution in [0.4, 0.5) is 25.2 Å². The Morgan fingerprint density at radius 3 is 2.44 bits per heavy atom. The van der Waals surface area contributed by atoms with Gasteiger partial charge in [-0.2, -0.15) is 14.4 Å². The number of piperazine rings is 1. The van der Waals surface area contributed by atoms with Gasteiger partial charge in [0.2, 0.25) is 0 Å². The number of rotatable bonds is 6. The van der Waals surface area contributed by atoms with Crippen molar-refractivity contribution in [3.8, 4) is 17.0 Å². The Kier molecular flexibility index (Phi) is 9.02. The molecule has 0 radical (unpaired) electrons. The zero-order valence-electron chi connectivity index (χ0n) is 26.5. The van der Waals surface area contributed by atoms with Gasteiger partial charge in [0.25, 0.3) is 0 Å². The molecule has 45 heavy (non-hydrogen) atoms. The molecule has 0 aliphatic carbocycles. The molecule has 1 fully saturated rings. The largest absolute Gasteiger partial charge is 0.497 e. The molecule has 1 aliphatic rings. The van der Waals surface area contributed by atoms with Gasteiger partial charge in [-0.15, -0.1) is 0 Å². The topological polar surface area (TPSA) is 83.9 Å². The van der Waals surface area contributed by atoms with Crippen molar-refractivity contribution < 1.29 is 23.0 Å². The number of methoxy groups -OCH3 is 1. The highest BCUT2D eigenvalue weighted by molar-refractivity contribution is 6.34. The minimum absolute atomic E-state index is 0.0267. The van der Waals surface area contributed by atoms with Gasteiger partial charge in [-0.3, -0.25) is 0 Å². The van der Waals surface area contributed by atoms with Crippen LogP contribution in [-0.2, 0) is 11.3 Å². The number of carbonyl (C=O) groups excluding carboxylic acids is 1. The van der Waals surface area contributed by atoms with E-state index in [0.717, 1.165) is 16.9 Å². The minimum Gasteiger partial charge on any atom is -0.497 e. The summed E-state index contributed by atoms with van der Waals surface area (Å²) in [5, 5.41) is 0.364. The Labute approximate surface area is 266 Å². The van der Waals surface area contributed by atoms with Gasteiger partial charge in [0, 0.05) is 44.7 Å². The van der Waals surface area contributed by atoms with Gasteiger partial charge in [0.05, 0.1) is 23.4 Å². The quantitative estimate of drug-likeness (QED) is 0.208. The van der Waals surface area contributed by atoms with Crippen LogP contribution in [0.1, 0.15) is 38.8 Å². The molecule has 0 bridgehead atoms. The molecule has 0 saturated carbocycles. The standard InChI is InChI=1S/C33H37ClF2N6O3/c1-19-14-25(37-26(15-19)40(6)18-21-8-10-22(44-7)11-9-21)27-24(34)16-23-29(28(27)35)38-31(36)39-30(23)42-13-12-41(17-20(42)2)32(43)45-33(3,4)5/h8-11,14-16,20H,12-13,17-18H2,1-7H3. The molecule has 4 aromatic rings. The van der Waals surface area contributed by atoms with Crippen molar-refractivity contribution in [3.63, 3.8) is 0 Å². The van der Waals surface area contributed by atoms with Crippen molar-refractivity contribution in [2.45, 2.75) is 52.8 Å². The van der Waals surface area contributed by atoms with Crippen LogP contribution in [0.2, 0.25) is 5.02 Å². The van der Waals surface area contributed by atoms with Gasteiger partial charge in [0.15, 0.2) is 5.82 Å². The molecule has 1 aliphatic heterocycles. The van der Waals surface area contributed by atoms with Crippen molar-refractivity contribution in [1.82, 2.24) is 19.9 Å². The first kappa shape index (κ1) is 32.2. The zero-order chi connectivity index (χ0) is 32.6. The van der Waals surface area contributed by atoms with Gasteiger partial charge in [-0.25, -0.2) is 14.2 Å². The maximum Gasteiger partial charge on any atom is 0.410 e. The smallest absolute Gasteiger partial charge is 0.410 e. The van der Waals surface area contributed by atoms with Crippen molar-refractivity contribution in [2.24, 2.45) is 0 Å². The van der Waals surface area contributed by atoms with Crippen LogP contribution in [0.5, 0.6) is 5.75 Å². The first-order valence-corrected chi connectivity index (χ1v) is 15.0. The summed E-state index contributed by atoms with van der Waals surface area (Å²) in [5.41, 5.74) is 1.39. The van der Waals surface area contributed by atoms with E-state index in [4.69, 9.17) is 26.1 Å². The Bertz CT molecular complexity index is 1730. The van der Waals surface area contributed by atoms with E-state index in [9.17, 15) is 9.18 Å². The number of pyridine rings is 1. The molecule has 9 nitrogen and oxygen atoms in total. The van der Waals surface area contributed by atoms with Crippen molar-refractivity contribution in [3.05, 3.63) is 70.5 Å². The van der Waals surface area contributed by atoms with E-state index in [0.29, 0.717) is 37.7 Å². The van der Waals surface area contributed by atoms with E-state index in [-0.39, 0.29) is 33.3 Å². The lowest BCUT2D eigenvalue weighted by molar-refractivity contribution is 0.0218. The third-order valence-corrected chi connectivity index (χ3v) is 7.87. The molecule has 0 N–H and O–H groups in total. The predicted molar refractivity (Wildman–Crippen MR) is 172 cm³/mol. The van der Waals surface area contributed by atoms with E-state index in [2.05, 4.69) is 9.97 Å². The summed E-state index contributed by atoms with van der Waals surface area (Å²) in [7, 11) is 3.51. The van der Waals surface area contributed by atoms with E-state index >= 15 is 4.39 Å². The first-order chi connectivity index (χ1) is 21.2. The van der Waals surface area contributed by atoms with E-state index in [1.807, 2.05) is 61.0 Å². The van der Waals surface area contributed by atoms with Crippen molar-refractivity contribution in [1.29, 1.82) is 0 Å². The van der Waals surface area contributed by atoms with E-state index in [1.165, 1.54) is 0 Å². The molecular weight excluding hydrogens is 602 g/mol. The monoisotopic (exact) mass is 638 g/mol. The second-order valence-corrected chi connectivity index (χ2v) is 12.7. The lowest BCUT2D eigenvalue weighted by Gasteiger charge is -2.41. The summed E-state index contributed by atoms with van der Waals surface area (Å²) in [4.78, 5) is 30.7. The normalized spacial score (nSPS) is 15.4. The van der Waals surface area contributed by atoms with Gasteiger partial charge < -0.3 is 24.2 Å². The van der Waals surface area contributed by atoms with Crippen molar-refractivity contribution in [2.75, 3.05) is 43.6 Å². The summed E-state index contributed by atoms with van der Waals surface area (Å²) in [6, 6.07) is 12.6. The third kappa shape index (κ3) is 7.03. The molecule has 12 heteroatoms. The second kappa shape index (κ2) is 12.6. The van der Waals surface area contributed by atoms with Crippen LogP contribution in [0, 0.1) is 18.8 Å². The molecule has 1 amide bonds. The highest BCUT2D eigenvalue weighted by atomic mass is 35.5. The maximum absolute atomic E-state index is 16.4.